The van der Waals surface area contributed by atoms with Crippen molar-refractivity contribution in [3.8, 4) is 0 Å². The SMILES string of the molecule is CCC(C)(CN)C(=O)OCC(C)C. The summed E-state index contributed by atoms with van der Waals surface area (Å²) in [6.07, 6.45) is 0.723. The van der Waals surface area contributed by atoms with E-state index < -0.39 is 5.41 Å². The Bertz CT molecular complexity index is 162. The lowest BCUT2D eigenvalue weighted by atomic mass is 9.88. The molecule has 3 nitrogen and oxygen atoms in total. The number of esters is 1. The van der Waals surface area contributed by atoms with Crippen molar-refractivity contribution in [3.05, 3.63) is 0 Å². The zero-order valence-electron chi connectivity index (χ0n) is 9.09. The molecule has 1 unspecified atom stereocenters. The number of ether oxygens (including phenoxy) is 1. The average molecular weight is 187 g/mol. The molecule has 0 bridgehead atoms. The van der Waals surface area contributed by atoms with Crippen LogP contribution >= 0.6 is 0 Å². The topological polar surface area (TPSA) is 52.3 Å². The van der Waals surface area contributed by atoms with Crippen LogP contribution in [0.3, 0.4) is 0 Å². The molecule has 0 spiro atoms. The molecule has 0 aromatic heterocycles. The van der Waals surface area contributed by atoms with E-state index in [1.54, 1.807) is 0 Å². The van der Waals surface area contributed by atoms with E-state index in [-0.39, 0.29) is 5.97 Å². The summed E-state index contributed by atoms with van der Waals surface area (Å²) >= 11 is 0. The van der Waals surface area contributed by atoms with Gasteiger partial charge in [-0.25, -0.2) is 0 Å². The van der Waals surface area contributed by atoms with Crippen LogP contribution in [0.4, 0.5) is 0 Å². The smallest absolute Gasteiger partial charge is 0.313 e. The van der Waals surface area contributed by atoms with E-state index in [1.165, 1.54) is 0 Å². The third-order valence-electron chi connectivity index (χ3n) is 2.27. The van der Waals surface area contributed by atoms with Crippen LogP contribution in [0.5, 0.6) is 0 Å². The molecular weight excluding hydrogens is 166 g/mol. The number of hydrogen-bond donors (Lipinski definition) is 1. The van der Waals surface area contributed by atoms with Gasteiger partial charge in [-0.1, -0.05) is 20.8 Å². The molecule has 0 saturated carbocycles. The number of carbonyl (C=O) groups excluding carboxylic acids is 1. The second-order valence-electron chi connectivity index (χ2n) is 4.11. The molecule has 2 N–H and O–H groups in total. The maximum absolute atomic E-state index is 11.5. The zero-order chi connectivity index (χ0) is 10.5. The van der Waals surface area contributed by atoms with Crippen LogP contribution in [-0.4, -0.2) is 19.1 Å². The van der Waals surface area contributed by atoms with Gasteiger partial charge in [-0.05, 0) is 19.3 Å². The monoisotopic (exact) mass is 187 g/mol. The van der Waals surface area contributed by atoms with Gasteiger partial charge < -0.3 is 10.5 Å². The summed E-state index contributed by atoms with van der Waals surface area (Å²) in [6, 6.07) is 0. The van der Waals surface area contributed by atoms with Crippen molar-refractivity contribution >= 4 is 5.97 Å². The summed E-state index contributed by atoms with van der Waals surface area (Å²) in [4.78, 5) is 11.5. The minimum absolute atomic E-state index is 0.175. The van der Waals surface area contributed by atoms with Crippen LogP contribution < -0.4 is 5.73 Å². The molecule has 0 heterocycles. The van der Waals surface area contributed by atoms with Crippen molar-refractivity contribution < 1.29 is 9.53 Å². The third-order valence-corrected chi connectivity index (χ3v) is 2.27. The fraction of sp³-hybridized carbons (Fsp3) is 0.900. The predicted octanol–water partition coefficient (Wildman–Crippen LogP) is 1.56. The molecule has 0 fully saturated rings. The summed E-state index contributed by atoms with van der Waals surface area (Å²) in [5.41, 5.74) is 5.02. The Hall–Kier alpha value is -0.570. The van der Waals surface area contributed by atoms with Gasteiger partial charge in [-0.15, -0.1) is 0 Å². The fourth-order valence-electron chi connectivity index (χ4n) is 0.789. The van der Waals surface area contributed by atoms with E-state index in [9.17, 15) is 4.79 Å². The van der Waals surface area contributed by atoms with Gasteiger partial charge in [0.15, 0.2) is 0 Å². The van der Waals surface area contributed by atoms with Crippen LogP contribution in [0.15, 0.2) is 0 Å². The molecular formula is C10H21NO2. The van der Waals surface area contributed by atoms with E-state index in [0.717, 1.165) is 6.42 Å². The standard InChI is InChI=1S/C10H21NO2/c1-5-10(4,7-11)9(12)13-6-8(2)3/h8H,5-7,11H2,1-4H3. The average Bonchev–Trinajstić information content (AvgIpc) is 2.12. The van der Waals surface area contributed by atoms with Crippen molar-refractivity contribution in [1.82, 2.24) is 0 Å². The molecule has 3 heteroatoms. The van der Waals surface area contributed by atoms with Crippen molar-refractivity contribution in [2.45, 2.75) is 34.1 Å². The number of hydrogen-bond acceptors (Lipinski definition) is 3. The molecule has 0 amide bonds. The summed E-state index contributed by atoms with van der Waals surface area (Å²) in [6.45, 7) is 8.64. The molecule has 78 valence electrons. The lowest BCUT2D eigenvalue weighted by molar-refractivity contribution is -0.155. The van der Waals surface area contributed by atoms with Gasteiger partial charge >= 0.3 is 5.97 Å². The minimum atomic E-state index is -0.505. The Labute approximate surface area is 80.6 Å². The maximum Gasteiger partial charge on any atom is 0.313 e. The number of rotatable bonds is 5. The van der Waals surface area contributed by atoms with E-state index in [2.05, 4.69) is 0 Å². The quantitative estimate of drug-likeness (QED) is 0.664. The van der Waals surface area contributed by atoms with Crippen molar-refractivity contribution in [2.75, 3.05) is 13.2 Å². The normalized spacial score (nSPS) is 15.5. The Kier molecular flexibility index (Phi) is 4.99. The molecule has 1 atom stereocenters. The third kappa shape index (κ3) is 3.77. The molecule has 0 rings (SSSR count). The second kappa shape index (κ2) is 5.22. The van der Waals surface area contributed by atoms with Gasteiger partial charge in [-0.2, -0.15) is 0 Å². The fourth-order valence-corrected chi connectivity index (χ4v) is 0.789. The van der Waals surface area contributed by atoms with Gasteiger partial charge in [0.2, 0.25) is 0 Å². The van der Waals surface area contributed by atoms with Crippen molar-refractivity contribution in [1.29, 1.82) is 0 Å². The Morgan fingerprint density at radius 1 is 1.54 bits per heavy atom. The highest BCUT2D eigenvalue weighted by molar-refractivity contribution is 5.76. The van der Waals surface area contributed by atoms with Crippen LogP contribution in [0.1, 0.15) is 34.1 Å². The molecule has 0 aliphatic rings. The largest absolute Gasteiger partial charge is 0.465 e. The predicted molar refractivity (Wildman–Crippen MR) is 53.2 cm³/mol. The van der Waals surface area contributed by atoms with Crippen LogP contribution in [0, 0.1) is 11.3 Å². The van der Waals surface area contributed by atoms with Gasteiger partial charge in [0.25, 0.3) is 0 Å². The molecule has 0 aliphatic carbocycles. The highest BCUT2D eigenvalue weighted by atomic mass is 16.5. The molecule has 0 aromatic rings. The van der Waals surface area contributed by atoms with Crippen molar-refractivity contribution in [3.63, 3.8) is 0 Å². The van der Waals surface area contributed by atoms with Gasteiger partial charge in [0.05, 0.1) is 12.0 Å². The molecule has 0 aliphatic heterocycles. The summed E-state index contributed by atoms with van der Waals surface area (Å²) in [5, 5.41) is 0. The Morgan fingerprint density at radius 3 is 2.38 bits per heavy atom. The highest BCUT2D eigenvalue weighted by Gasteiger charge is 2.31. The van der Waals surface area contributed by atoms with Crippen LogP contribution in [0.2, 0.25) is 0 Å². The van der Waals surface area contributed by atoms with Crippen LogP contribution in [-0.2, 0) is 9.53 Å². The summed E-state index contributed by atoms with van der Waals surface area (Å²) in [5.74, 6) is 0.203. The van der Waals surface area contributed by atoms with E-state index in [1.807, 2.05) is 27.7 Å². The first-order valence-electron chi connectivity index (χ1n) is 4.83. The lowest BCUT2D eigenvalue weighted by Gasteiger charge is -2.24. The van der Waals surface area contributed by atoms with Gasteiger partial charge in [0, 0.05) is 6.54 Å². The van der Waals surface area contributed by atoms with E-state index in [0.29, 0.717) is 19.1 Å². The van der Waals surface area contributed by atoms with E-state index in [4.69, 9.17) is 10.5 Å². The first-order valence-corrected chi connectivity index (χ1v) is 4.83. The van der Waals surface area contributed by atoms with Gasteiger partial charge in [0.1, 0.15) is 0 Å². The number of carbonyl (C=O) groups is 1. The lowest BCUT2D eigenvalue weighted by Crippen LogP contribution is -2.37. The summed E-state index contributed by atoms with van der Waals surface area (Å²) < 4.78 is 5.13. The molecule has 0 aromatic carbocycles. The first kappa shape index (κ1) is 12.4. The first-order chi connectivity index (χ1) is 5.96. The zero-order valence-corrected chi connectivity index (χ0v) is 9.09. The van der Waals surface area contributed by atoms with Crippen molar-refractivity contribution in [2.24, 2.45) is 17.1 Å². The van der Waals surface area contributed by atoms with Crippen LogP contribution in [0.25, 0.3) is 0 Å². The Balaban J connectivity index is 4.07. The molecule has 0 radical (unpaired) electrons. The second-order valence-corrected chi connectivity index (χ2v) is 4.11. The maximum atomic E-state index is 11.5. The van der Waals surface area contributed by atoms with Gasteiger partial charge in [-0.3, -0.25) is 4.79 Å². The molecule has 0 saturated heterocycles. The highest BCUT2D eigenvalue weighted by Crippen LogP contribution is 2.21. The number of nitrogens with two attached hydrogens (primary N) is 1. The summed E-state index contributed by atoms with van der Waals surface area (Å²) in [7, 11) is 0. The molecule has 13 heavy (non-hydrogen) atoms. The van der Waals surface area contributed by atoms with E-state index >= 15 is 0 Å². The minimum Gasteiger partial charge on any atom is -0.465 e. The Morgan fingerprint density at radius 2 is 2.08 bits per heavy atom.